The van der Waals surface area contributed by atoms with Crippen molar-refractivity contribution in [2.24, 2.45) is 16.8 Å². The molecule has 1 amide bonds. The molecule has 24 heavy (non-hydrogen) atoms. The highest BCUT2D eigenvalue weighted by molar-refractivity contribution is 5.76. The van der Waals surface area contributed by atoms with Crippen LogP contribution in [0.4, 0.5) is 0 Å². The molecule has 2 aliphatic heterocycles. The van der Waals surface area contributed by atoms with Crippen LogP contribution in [0.25, 0.3) is 0 Å². The maximum absolute atomic E-state index is 12.1. The van der Waals surface area contributed by atoms with Crippen LogP contribution in [-0.2, 0) is 4.79 Å². The number of carbonyl (C=O) groups excluding carboxylic acids is 1. The third-order valence-electron chi connectivity index (χ3n) is 5.80. The second kappa shape index (κ2) is 8.80. The van der Waals surface area contributed by atoms with E-state index in [1.165, 1.54) is 19.3 Å². The Balaban J connectivity index is 1.74. The zero-order valence-corrected chi connectivity index (χ0v) is 16.0. The number of hydrogen-bond acceptors (Lipinski definition) is 3. The van der Waals surface area contributed by atoms with Crippen molar-refractivity contribution < 1.29 is 4.79 Å². The minimum Gasteiger partial charge on any atom is -0.343 e. The van der Waals surface area contributed by atoms with Gasteiger partial charge in [0.2, 0.25) is 5.91 Å². The molecular formula is C20H35N3O. The van der Waals surface area contributed by atoms with Gasteiger partial charge in [0.05, 0.1) is 0 Å². The molecule has 1 fully saturated rings. The highest BCUT2D eigenvalue weighted by atomic mass is 16.2. The minimum absolute atomic E-state index is 0.107. The normalized spacial score (nSPS) is 24.9. The quantitative estimate of drug-likeness (QED) is 0.678. The van der Waals surface area contributed by atoms with E-state index in [1.54, 1.807) is 0 Å². The summed E-state index contributed by atoms with van der Waals surface area (Å²) >= 11 is 0. The lowest BCUT2D eigenvalue weighted by Gasteiger charge is -2.44. The van der Waals surface area contributed by atoms with Crippen LogP contribution in [0.3, 0.4) is 0 Å². The number of nitrogens with zero attached hydrogens (tertiary/aromatic N) is 3. The van der Waals surface area contributed by atoms with Crippen LogP contribution >= 0.6 is 0 Å². The van der Waals surface area contributed by atoms with Crippen molar-refractivity contribution in [3.63, 3.8) is 0 Å². The number of amides is 1. The Hall–Kier alpha value is -1.16. The van der Waals surface area contributed by atoms with Crippen molar-refractivity contribution in [2.75, 3.05) is 26.2 Å². The van der Waals surface area contributed by atoms with Crippen molar-refractivity contribution in [2.45, 2.75) is 65.5 Å². The number of allylic oxidation sites excluding steroid dienone is 1. The molecule has 2 rings (SSSR count). The van der Waals surface area contributed by atoms with Gasteiger partial charge in [-0.2, -0.15) is 0 Å². The highest BCUT2D eigenvalue weighted by Crippen LogP contribution is 2.35. The Morgan fingerprint density at radius 2 is 1.96 bits per heavy atom. The van der Waals surface area contributed by atoms with Crippen molar-refractivity contribution >= 4 is 12.1 Å². The van der Waals surface area contributed by atoms with Gasteiger partial charge in [-0.1, -0.05) is 13.8 Å². The molecule has 0 radical (unpaired) electrons. The fourth-order valence-electron chi connectivity index (χ4n) is 4.14. The molecule has 0 aromatic carbocycles. The van der Waals surface area contributed by atoms with Gasteiger partial charge in [-0.15, -0.1) is 0 Å². The van der Waals surface area contributed by atoms with Crippen LogP contribution < -0.4 is 0 Å². The summed E-state index contributed by atoms with van der Waals surface area (Å²) in [4.78, 5) is 21.4. The van der Waals surface area contributed by atoms with Gasteiger partial charge in [0, 0.05) is 38.8 Å². The molecule has 2 heterocycles. The maximum atomic E-state index is 12.1. The second-order valence-electron chi connectivity index (χ2n) is 7.46. The number of rotatable bonds is 8. The van der Waals surface area contributed by atoms with Crippen LogP contribution in [0.2, 0.25) is 0 Å². The second-order valence-corrected chi connectivity index (χ2v) is 7.46. The standard InChI is InChI=1S/C20H35N3O/c1-5-22(6-2)19(24)10-7-9-18-11-15-23(16-12-18)20(17(3)4)13-8-14-21-20/h8,13-14,17-18H,5-7,9-12,15-16H2,1-4H3. The lowest BCUT2D eigenvalue weighted by atomic mass is 9.87. The molecule has 136 valence electrons. The van der Waals surface area contributed by atoms with E-state index in [0.717, 1.165) is 38.5 Å². The van der Waals surface area contributed by atoms with Crippen LogP contribution in [0.1, 0.15) is 59.8 Å². The molecule has 1 saturated heterocycles. The molecule has 0 saturated carbocycles. The first kappa shape index (κ1) is 19.2. The van der Waals surface area contributed by atoms with Gasteiger partial charge < -0.3 is 4.90 Å². The number of likely N-dealkylation sites (tertiary alicyclic amines) is 1. The van der Waals surface area contributed by atoms with E-state index in [0.29, 0.717) is 18.2 Å². The Bertz CT molecular complexity index is 446. The van der Waals surface area contributed by atoms with Gasteiger partial charge in [0.1, 0.15) is 5.66 Å². The van der Waals surface area contributed by atoms with E-state index in [1.807, 2.05) is 11.1 Å². The molecule has 0 aromatic rings. The van der Waals surface area contributed by atoms with Gasteiger partial charge in [-0.05, 0) is 63.5 Å². The van der Waals surface area contributed by atoms with Crippen LogP contribution in [0, 0.1) is 11.8 Å². The SMILES string of the molecule is CCN(CC)C(=O)CCCC1CCN(C2(C(C)C)C=CC=N2)CC1. The van der Waals surface area contributed by atoms with Gasteiger partial charge in [-0.25, -0.2) is 0 Å². The Labute approximate surface area is 148 Å². The lowest BCUT2D eigenvalue weighted by Crippen LogP contribution is -2.52. The molecule has 0 aliphatic carbocycles. The predicted octanol–water partition coefficient (Wildman–Crippen LogP) is 3.73. The Kier molecular flexibility index (Phi) is 7.02. The monoisotopic (exact) mass is 333 g/mol. The summed E-state index contributed by atoms with van der Waals surface area (Å²) in [6, 6.07) is 0. The summed E-state index contributed by atoms with van der Waals surface area (Å²) in [5.74, 6) is 1.58. The summed E-state index contributed by atoms with van der Waals surface area (Å²) in [6.07, 6.45) is 11.7. The van der Waals surface area contributed by atoms with E-state index in [4.69, 9.17) is 4.99 Å². The summed E-state index contributed by atoms with van der Waals surface area (Å²) < 4.78 is 0. The third-order valence-corrected chi connectivity index (χ3v) is 5.80. The number of hydrogen-bond donors (Lipinski definition) is 0. The Morgan fingerprint density at radius 1 is 1.29 bits per heavy atom. The topological polar surface area (TPSA) is 35.9 Å². The van der Waals surface area contributed by atoms with Crippen LogP contribution in [-0.4, -0.2) is 53.8 Å². The number of piperidine rings is 1. The third kappa shape index (κ3) is 4.27. The molecule has 0 aromatic heterocycles. The number of carbonyl (C=O) groups is 1. The zero-order valence-electron chi connectivity index (χ0n) is 16.0. The molecule has 1 unspecified atom stereocenters. The van der Waals surface area contributed by atoms with Gasteiger partial charge in [0.25, 0.3) is 0 Å². The molecule has 0 spiro atoms. The summed E-state index contributed by atoms with van der Waals surface area (Å²) in [5.41, 5.74) is -0.107. The first-order valence-electron chi connectivity index (χ1n) is 9.79. The van der Waals surface area contributed by atoms with Crippen molar-refractivity contribution in [1.29, 1.82) is 0 Å². The van der Waals surface area contributed by atoms with Crippen LogP contribution in [0.15, 0.2) is 17.1 Å². The minimum atomic E-state index is -0.107. The molecular weight excluding hydrogens is 298 g/mol. The van der Waals surface area contributed by atoms with Crippen molar-refractivity contribution in [1.82, 2.24) is 9.80 Å². The summed E-state index contributed by atoms with van der Waals surface area (Å²) in [6.45, 7) is 12.5. The lowest BCUT2D eigenvalue weighted by molar-refractivity contribution is -0.131. The van der Waals surface area contributed by atoms with E-state index in [-0.39, 0.29) is 5.66 Å². The fraction of sp³-hybridized carbons (Fsp3) is 0.800. The fourth-order valence-corrected chi connectivity index (χ4v) is 4.14. The average Bonchev–Trinajstić information content (AvgIpc) is 3.08. The van der Waals surface area contributed by atoms with Crippen molar-refractivity contribution in [3.05, 3.63) is 12.2 Å². The molecule has 2 aliphatic rings. The highest BCUT2D eigenvalue weighted by Gasteiger charge is 2.39. The Morgan fingerprint density at radius 3 is 2.46 bits per heavy atom. The molecule has 0 N–H and O–H groups in total. The largest absolute Gasteiger partial charge is 0.343 e. The van der Waals surface area contributed by atoms with E-state index in [2.05, 4.69) is 44.7 Å². The maximum Gasteiger partial charge on any atom is 0.222 e. The average molecular weight is 334 g/mol. The molecule has 0 bridgehead atoms. The van der Waals surface area contributed by atoms with E-state index < -0.39 is 0 Å². The smallest absolute Gasteiger partial charge is 0.222 e. The van der Waals surface area contributed by atoms with E-state index in [9.17, 15) is 4.79 Å². The van der Waals surface area contributed by atoms with Gasteiger partial charge >= 0.3 is 0 Å². The van der Waals surface area contributed by atoms with Crippen molar-refractivity contribution in [3.8, 4) is 0 Å². The molecule has 4 nitrogen and oxygen atoms in total. The summed E-state index contributed by atoms with van der Waals surface area (Å²) in [5, 5.41) is 0. The molecule has 1 atom stereocenters. The first-order chi connectivity index (χ1) is 11.5. The van der Waals surface area contributed by atoms with Crippen LogP contribution in [0.5, 0.6) is 0 Å². The summed E-state index contributed by atoms with van der Waals surface area (Å²) in [7, 11) is 0. The predicted molar refractivity (Wildman–Crippen MR) is 101 cm³/mol. The van der Waals surface area contributed by atoms with Gasteiger partial charge in [0.15, 0.2) is 0 Å². The zero-order chi connectivity index (χ0) is 17.6. The van der Waals surface area contributed by atoms with Gasteiger partial charge in [-0.3, -0.25) is 14.7 Å². The molecule has 4 heteroatoms. The number of aliphatic imine (C=N–C) groups is 1. The first-order valence-corrected chi connectivity index (χ1v) is 9.79. The van der Waals surface area contributed by atoms with E-state index >= 15 is 0 Å².